The van der Waals surface area contributed by atoms with Crippen molar-refractivity contribution in [1.82, 2.24) is 4.90 Å². The summed E-state index contributed by atoms with van der Waals surface area (Å²) in [6.07, 6.45) is 0.560. The Morgan fingerprint density at radius 2 is 1.96 bits per heavy atom. The number of carbonyl (C=O) groups is 1. The molecule has 1 aliphatic rings. The zero-order valence-electron chi connectivity index (χ0n) is 12.5. The Labute approximate surface area is 138 Å². The molecule has 0 saturated heterocycles. The first-order valence-electron chi connectivity index (χ1n) is 7.27. The minimum atomic E-state index is -0.603. The maximum absolute atomic E-state index is 12.9. The summed E-state index contributed by atoms with van der Waals surface area (Å²) in [5.74, 6) is -0.466. The highest BCUT2D eigenvalue weighted by atomic mass is 35.5. The topological polar surface area (TPSA) is 44.1 Å². The first-order chi connectivity index (χ1) is 11.0. The predicted molar refractivity (Wildman–Crippen MR) is 85.7 cm³/mol. The van der Waals surface area contributed by atoms with E-state index < -0.39 is 6.04 Å². The van der Waals surface area contributed by atoms with Crippen molar-refractivity contribution in [2.24, 2.45) is 0 Å². The van der Waals surface area contributed by atoms with E-state index in [1.807, 2.05) is 0 Å². The molecular weight excluding hydrogens is 315 g/mol. The zero-order valence-corrected chi connectivity index (χ0v) is 13.3. The van der Waals surface area contributed by atoms with Crippen LogP contribution in [-0.4, -0.2) is 17.4 Å². The SMILES string of the molecule is Cc1c(Cl)ccc2c1C(=O)N(CCc1ccc(F)cc1)C2C#N. The van der Waals surface area contributed by atoms with Gasteiger partial charge in [-0.1, -0.05) is 29.8 Å². The summed E-state index contributed by atoms with van der Waals surface area (Å²) in [6.45, 7) is 2.19. The van der Waals surface area contributed by atoms with Gasteiger partial charge in [0, 0.05) is 17.1 Å². The van der Waals surface area contributed by atoms with Crippen LogP contribution in [-0.2, 0) is 6.42 Å². The van der Waals surface area contributed by atoms with Crippen LogP contribution in [0.5, 0.6) is 0 Å². The monoisotopic (exact) mass is 328 g/mol. The molecule has 5 heteroatoms. The lowest BCUT2D eigenvalue weighted by Gasteiger charge is -2.20. The molecule has 0 radical (unpaired) electrons. The molecule has 1 amide bonds. The molecule has 2 aromatic rings. The van der Waals surface area contributed by atoms with Gasteiger partial charge in [-0.15, -0.1) is 0 Å². The summed E-state index contributed by atoms with van der Waals surface area (Å²) in [7, 11) is 0. The van der Waals surface area contributed by atoms with Crippen molar-refractivity contribution in [3.8, 4) is 6.07 Å². The Morgan fingerprint density at radius 1 is 1.26 bits per heavy atom. The maximum atomic E-state index is 12.9. The van der Waals surface area contributed by atoms with E-state index in [-0.39, 0.29) is 11.7 Å². The summed E-state index contributed by atoms with van der Waals surface area (Å²) in [5.41, 5.74) is 2.86. The predicted octanol–water partition coefficient (Wildman–Crippen LogP) is 4.05. The van der Waals surface area contributed by atoms with E-state index in [0.29, 0.717) is 34.7 Å². The van der Waals surface area contributed by atoms with Crippen molar-refractivity contribution in [3.63, 3.8) is 0 Å². The van der Waals surface area contributed by atoms with Gasteiger partial charge >= 0.3 is 0 Å². The van der Waals surface area contributed by atoms with E-state index in [9.17, 15) is 14.4 Å². The molecule has 3 nitrogen and oxygen atoms in total. The zero-order chi connectivity index (χ0) is 16.6. The number of hydrogen-bond donors (Lipinski definition) is 0. The van der Waals surface area contributed by atoms with Crippen LogP contribution in [0.3, 0.4) is 0 Å². The van der Waals surface area contributed by atoms with Gasteiger partial charge in [-0.25, -0.2) is 4.39 Å². The van der Waals surface area contributed by atoms with Crippen molar-refractivity contribution in [2.75, 3.05) is 6.54 Å². The summed E-state index contributed by atoms with van der Waals surface area (Å²) in [6, 6.07) is 11.2. The molecule has 0 saturated carbocycles. The third kappa shape index (κ3) is 2.69. The number of fused-ring (bicyclic) bond motifs is 1. The van der Waals surface area contributed by atoms with Crippen LogP contribution in [0.15, 0.2) is 36.4 Å². The number of rotatable bonds is 3. The Bertz CT molecular complexity index is 811. The van der Waals surface area contributed by atoms with E-state index in [1.54, 1.807) is 36.1 Å². The number of benzene rings is 2. The largest absolute Gasteiger partial charge is 0.318 e. The molecular formula is C18H14ClFN2O. The normalized spacial score (nSPS) is 16.3. The molecule has 1 atom stereocenters. The number of halogens is 2. The van der Waals surface area contributed by atoms with E-state index >= 15 is 0 Å². The standard InChI is InChI=1S/C18H14ClFN2O/c1-11-15(19)7-6-14-16(10-21)22(18(23)17(11)14)9-8-12-2-4-13(20)5-3-12/h2-7,16H,8-9H2,1H3. The minimum absolute atomic E-state index is 0.173. The van der Waals surface area contributed by atoms with Gasteiger partial charge in [0.15, 0.2) is 0 Å². The second-order valence-electron chi connectivity index (χ2n) is 5.54. The number of amides is 1. The van der Waals surface area contributed by atoms with E-state index in [4.69, 9.17) is 11.6 Å². The third-order valence-electron chi connectivity index (χ3n) is 4.19. The molecule has 2 aromatic carbocycles. The molecule has 1 heterocycles. The van der Waals surface area contributed by atoms with E-state index in [2.05, 4.69) is 6.07 Å². The van der Waals surface area contributed by atoms with Gasteiger partial charge in [0.05, 0.1) is 11.6 Å². The smallest absolute Gasteiger partial charge is 0.255 e. The molecule has 0 spiro atoms. The lowest BCUT2D eigenvalue weighted by atomic mass is 10.0. The van der Waals surface area contributed by atoms with Crippen molar-refractivity contribution in [2.45, 2.75) is 19.4 Å². The lowest BCUT2D eigenvalue weighted by Crippen LogP contribution is -2.29. The number of hydrogen-bond acceptors (Lipinski definition) is 2. The van der Waals surface area contributed by atoms with Crippen molar-refractivity contribution >= 4 is 17.5 Å². The molecule has 23 heavy (non-hydrogen) atoms. The highest BCUT2D eigenvalue weighted by Gasteiger charge is 2.38. The van der Waals surface area contributed by atoms with E-state index in [0.717, 1.165) is 5.56 Å². The molecule has 116 valence electrons. The van der Waals surface area contributed by atoms with Gasteiger partial charge in [-0.2, -0.15) is 5.26 Å². The van der Waals surface area contributed by atoms with Crippen LogP contribution < -0.4 is 0 Å². The lowest BCUT2D eigenvalue weighted by molar-refractivity contribution is 0.0759. The quantitative estimate of drug-likeness (QED) is 0.853. The van der Waals surface area contributed by atoms with Gasteiger partial charge in [0.2, 0.25) is 0 Å². The first-order valence-corrected chi connectivity index (χ1v) is 7.64. The molecule has 0 aromatic heterocycles. The van der Waals surface area contributed by atoms with Crippen molar-refractivity contribution in [1.29, 1.82) is 5.26 Å². The highest BCUT2D eigenvalue weighted by molar-refractivity contribution is 6.32. The fourth-order valence-electron chi connectivity index (χ4n) is 2.92. The van der Waals surface area contributed by atoms with Gasteiger partial charge < -0.3 is 4.90 Å². The highest BCUT2D eigenvalue weighted by Crippen LogP contribution is 2.37. The molecule has 1 aliphatic heterocycles. The molecule has 0 fully saturated rings. The second-order valence-corrected chi connectivity index (χ2v) is 5.95. The Kier molecular flexibility index (Phi) is 4.06. The van der Waals surface area contributed by atoms with Crippen LogP contribution in [0.2, 0.25) is 5.02 Å². The van der Waals surface area contributed by atoms with Crippen LogP contribution in [0.4, 0.5) is 4.39 Å². The van der Waals surface area contributed by atoms with Crippen LogP contribution >= 0.6 is 11.6 Å². The number of nitriles is 1. The Balaban J connectivity index is 1.86. The van der Waals surface area contributed by atoms with Crippen molar-refractivity contribution in [3.05, 3.63) is 69.5 Å². The first kappa shape index (κ1) is 15.5. The van der Waals surface area contributed by atoms with Gasteiger partial charge in [-0.05, 0) is 42.7 Å². The average Bonchev–Trinajstić information content (AvgIpc) is 2.82. The molecule has 3 rings (SSSR count). The van der Waals surface area contributed by atoms with Gasteiger partial charge in [0.25, 0.3) is 5.91 Å². The number of nitrogens with zero attached hydrogens (tertiary/aromatic N) is 2. The van der Waals surface area contributed by atoms with Gasteiger partial charge in [-0.3, -0.25) is 4.79 Å². The summed E-state index contributed by atoms with van der Waals surface area (Å²) in [5, 5.41) is 9.99. The molecule has 0 aliphatic carbocycles. The fourth-order valence-corrected chi connectivity index (χ4v) is 3.08. The van der Waals surface area contributed by atoms with E-state index in [1.165, 1.54) is 12.1 Å². The summed E-state index contributed by atoms with van der Waals surface area (Å²) >= 11 is 6.09. The summed E-state index contributed by atoms with van der Waals surface area (Å²) < 4.78 is 12.9. The van der Waals surface area contributed by atoms with Crippen LogP contribution in [0.1, 0.15) is 33.1 Å². The second kappa shape index (κ2) is 6.02. The molecule has 0 bridgehead atoms. The maximum Gasteiger partial charge on any atom is 0.255 e. The van der Waals surface area contributed by atoms with Crippen LogP contribution in [0, 0.1) is 24.1 Å². The Morgan fingerprint density at radius 3 is 2.61 bits per heavy atom. The molecule has 0 N–H and O–H groups in total. The van der Waals surface area contributed by atoms with Crippen LogP contribution in [0.25, 0.3) is 0 Å². The number of carbonyl (C=O) groups excluding carboxylic acids is 1. The minimum Gasteiger partial charge on any atom is -0.318 e. The van der Waals surface area contributed by atoms with Gasteiger partial charge in [0.1, 0.15) is 11.9 Å². The molecule has 1 unspecified atom stereocenters. The fraction of sp³-hybridized carbons (Fsp3) is 0.222. The summed E-state index contributed by atoms with van der Waals surface area (Å²) in [4.78, 5) is 14.2. The Hall–Kier alpha value is -2.38. The average molecular weight is 329 g/mol. The van der Waals surface area contributed by atoms with Crippen molar-refractivity contribution < 1.29 is 9.18 Å². The third-order valence-corrected chi connectivity index (χ3v) is 4.60.